The summed E-state index contributed by atoms with van der Waals surface area (Å²) >= 11 is 1.69. The number of para-hydroxylation sites is 1. The standard InChI is InChI=1S/C18H24N4O2S/c1-2-3-10-19-18(24)21-16(23)12-22-11-6-8-14(22)17-20-13-7-4-5-9-15(13)25-17/h4-5,7,9,14H,2-3,6,8,10-12H2,1H3,(H2,19,21,23,24)/t14-/m0/s1. The number of carbonyl (C=O) groups excluding carboxylic acids is 2. The van der Waals surface area contributed by atoms with E-state index in [-0.39, 0.29) is 18.5 Å². The number of amides is 3. The number of nitrogens with one attached hydrogen (secondary N) is 2. The highest BCUT2D eigenvalue weighted by molar-refractivity contribution is 7.18. The van der Waals surface area contributed by atoms with Gasteiger partial charge in [-0.15, -0.1) is 11.3 Å². The van der Waals surface area contributed by atoms with Crippen LogP contribution < -0.4 is 10.6 Å². The monoisotopic (exact) mass is 360 g/mol. The van der Waals surface area contributed by atoms with Crippen LogP contribution in [0.5, 0.6) is 0 Å². The van der Waals surface area contributed by atoms with Crippen LogP contribution in [0.15, 0.2) is 24.3 Å². The van der Waals surface area contributed by atoms with Crippen LogP contribution in [-0.4, -0.2) is 41.5 Å². The molecule has 134 valence electrons. The molecule has 0 aliphatic carbocycles. The number of carbonyl (C=O) groups is 2. The van der Waals surface area contributed by atoms with E-state index in [9.17, 15) is 9.59 Å². The molecule has 2 N–H and O–H groups in total. The SMILES string of the molecule is CCCCNC(=O)NC(=O)CN1CCC[C@H]1c1nc2ccccc2s1. The van der Waals surface area contributed by atoms with E-state index in [4.69, 9.17) is 4.98 Å². The normalized spacial score (nSPS) is 17.7. The number of benzene rings is 1. The molecule has 0 bridgehead atoms. The molecule has 6 nitrogen and oxygen atoms in total. The Balaban J connectivity index is 1.58. The van der Waals surface area contributed by atoms with E-state index in [2.05, 4.69) is 28.5 Å². The van der Waals surface area contributed by atoms with Crippen LogP contribution in [0.2, 0.25) is 0 Å². The molecule has 1 atom stereocenters. The van der Waals surface area contributed by atoms with Gasteiger partial charge in [-0.05, 0) is 37.9 Å². The van der Waals surface area contributed by atoms with Crippen LogP contribution in [0.25, 0.3) is 10.2 Å². The van der Waals surface area contributed by atoms with Gasteiger partial charge in [0.15, 0.2) is 0 Å². The predicted octanol–water partition coefficient (Wildman–Crippen LogP) is 3.06. The van der Waals surface area contributed by atoms with Gasteiger partial charge in [0.05, 0.1) is 22.8 Å². The fourth-order valence-corrected chi connectivity index (χ4v) is 4.24. The molecule has 0 radical (unpaired) electrons. The predicted molar refractivity (Wildman–Crippen MR) is 99.6 cm³/mol. The number of rotatable bonds is 6. The molecule has 1 aliphatic heterocycles. The van der Waals surface area contributed by atoms with Crippen molar-refractivity contribution < 1.29 is 9.59 Å². The molecular formula is C18H24N4O2S. The Hall–Kier alpha value is -1.99. The largest absolute Gasteiger partial charge is 0.338 e. The molecule has 7 heteroatoms. The minimum atomic E-state index is -0.408. The van der Waals surface area contributed by atoms with Crippen molar-refractivity contribution >= 4 is 33.5 Å². The summed E-state index contributed by atoms with van der Waals surface area (Å²) in [5.74, 6) is -0.262. The van der Waals surface area contributed by atoms with Crippen LogP contribution in [-0.2, 0) is 4.79 Å². The summed E-state index contributed by atoms with van der Waals surface area (Å²) in [6.45, 7) is 3.72. The van der Waals surface area contributed by atoms with E-state index in [0.29, 0.717) is 6.54 Å². The topological polar surface area (TPSA) is 74.3 Å². The number of imide groups is 1. The molecule has 1 aromatic carbocycles. The number of aromatic nitrogens is 1. The second-order valence-electron chi connectivity index (χ2n) is 6.31. The third kappa shape index (κ3) is 4.55. The Morgan fingerprint density at radius 1 is 1.36 bits per heavy atom. The molecule has 2 heterocycles. The van der Waals surface area contributed by atoms with Gasteiger partial charge in [-0.3, -0.25) is 15.0 Å². The minimum absolute atomic E-state index is 0.159. The van der Waals surface area contributed by atoms with Crippen molar-refractivity contribution in [1.82, 2.24) is 20.5 Å². The zero-order valence-corrected chi connectivity index (χ0v) is 15.3. The fourth-order valence-electron chi connectivity index (χ4n) is 3.10. The summed E-state index contributed by atoms with van der Waals surface area (Å²) < 4.78 is 1.17. The summed E-state index contributed by atoms with van der Waals surface area (Å²) in [6.07, 6.45) is 3.95. The first-order valence-corrected chi connectivity index (χ1v) is 9.66. The van der Waals surface area contributed by atoms with Crippen LogP contribution in [0.1, 0.15) is 43.7 Å². The number of hydrogen-bond acceptors (Lipinski definition) is 5. The van der Waals surface area contributed by atoms with Gasteiger partial charge in [0.2, 0.25) is 5.91 Å². The lowest BCUT2D eigenvalue weighted by Gasteiger charge is -2.21. The first-order chi connectivity index (χ1) is 12.2. The lowest BCUT2D eigenvalue weighted by Crippen LogP contribution is -2.44. The van der Waals surface area contributed by atoms with Crippen molar-refractivity contribution in [1.29, 1.82) is 0 Å². The maximum atomic E-state index is 12.2. The van der Waals surface area contributed by atoms with Gasteiger partial charge in [0.25, 0.3) is 0 Å². The van der Waals surface area contributed by atoms with Crippen LogP contribution in [0.4, 0.5) is 4.79 Å². The molecule has 2 aromatic rings. The molecule has 0 unspecified atom stereocenters. The molecule has 1 aliphatic rings. The van der Waals surface area contributed by atoms with Crippen molar-refractivity contribution in [2.75, 3.05) is 19.6 Å². The van der Waals surface area contributed by atoms with Gasteiger partial charge in [-0.25, -0.2) is 9.78 Å². The van der Waals surface area contributed by atoms with Gasteiger partial charge < -0.3 is 5.32 Å². The molecule has 0 saturated carbocycles. The first-order valence-electron chi connectivity index (χ1n) is 8.84. The molecule has 25 heavy (non-hydrogen) atoms. The van der Waals surface area contributed by atoms with Crippen LogP contribution >= 0.6 is 11.3 Å². The molecule has 0 spiro atoms. The van der Waals surface area contributed by atoms with Gasteiger partial charge in [-0.2, -0.15) is 0 Å². The van der Waals surface area contributed by atoms with Crippen LogP contribution in [0.3, 0.4) is 0 Å². The van der Waals surface area contributed by atoms with Crippen molar-refractivity contribution in [3.05, 3.63) is 29.3 Å². The van der Waals surface area contributed by atoms with E-state index in [1.165, 1.54) is 4.70 Å². The summed E-state index contributed by atoms with van der Waals surface area (Å²) in [5, 5.41) is 6.17. The first kappa shape index (κ1) is 17.8. The van der Waals surface area contributed by atoms with Gasteiger partial charge in [0, 0.05) is 6.54 Å². The zero-order chi connectivity index (χ0) is 17.6. The molecule has 3 rings (SSSR count). The second-order valence-corrected chi connectivity index (χ2v) is 7.37. The quantitative estimate of drug-likeness (QED) is 0.777. The number of hydrogen-bond donors (Lipinski definition) is 2. The average Bonchev–Trinajstić information content (AvgIpc) is 3.20. The lowest BCUT2D eigenvalue weighted by atomic mass is 10.2. The third-order valence-electron chi connectivity index (χ3n) is 4.37. The second kappa shape index (κ2) is 8.40. The number of likely N-dealkylation sites (tertiary alicyclic amines) is 1. The van der Waals surface area contributed by atoms with E-state index < -0.39 is 6.03 Å². The van der Waals surface area contributed by atoms with E-state index in [1.54, 1.807) is 11.3 Å². The third-order valence-corrected chi connectivity index (χ3v) is 5.51. The van der Waals surface area contributed by atoms with Gasteiger partial charge in [-0.1, -0.05) is 25.5 Å². The Morgan fingerprint density at radius 3 is 3.00 bits per heavy atom. The highest BCUT2D eigenvalue weighted by Gasteiger charge is 2.30. The van der Waals surface area contributed by atoms with Gasteiger partial charge in [0.1, 0.15) is 5.01 Å². The van der Waals surface area contributed by atoms with Crippen LogP contribution in [0, 0.1) is 0 Å². The molecule has 3 amide bonds. The van der Waals surface area contributed by atoms with E-state index >= 15 is 0 Å². The number of thiazole rings is 1. The maximum absolute atomic E-state index is 12.2. The molecular weight excluding hydrogens is 336 g/mol. The van der Waals surface area contributed by atoms with E-state index in [0.717, 1.165) is 42.8 Å². The molecule has 1 saturated heterocycles. The number of fused-ring (bicyclic) bond motifs is 1. The highest BCUT2D eigenvalue weighted by atomic mass is 32.1. The van der Waals surface area contributed by atoms with Gasteiger partial charge >= 0.3 is 6.03 Å². The van der Waals surface area contributed by atoms with Crippen molar-refractivity contribution in [3.8, 4) is 0 Å². The Bertz CT molecular complexity index is 713. The van der Waals surface area contributed by atoms with Crippen molar-refractivity contribution in [2.24, 2.45) is 0 Å². The summed E-state index contributed by atoms with van der Waals surface area (Å²) in [4.78, 5) is 30.7. The molecule has 1 fully saturated rings. The number of unbranched alkanes of at least 4 members (excludes halogenated alkanes) is 1. The Morgan fingerprint density at radius 2 is 2.20 bits per heavy atom. The maximum Gasteiger partial charge on any atom is 0.321 e. The highest BCUT2D eigenvalue weighted by Crippen LogP contribution is 2.36. The summed E-state index contributed by atoms with van der Waals surface area (Å²) in [5.41, 5.74) is 1.01. The summed E-state index contributed by atoms with van der Waals surface area (Å²) in [7, 11) is 0. The number of nitrogens with zero attached hydrogens (tertiary/aromatic N) is 2. The number of urea groups is 1. The van der Waals surface area contributed by atoms with Crippen molar-refractivity contribution in [2.45, 2.75) is 38.6 Å². The fraction of sp³-hybridized carbons (Fsp3) is 0.500. The average molecular weight is 360 g/mol. The Kier molecular flexibility index (Phi) is 5.99. The zero-order valence-electron chi connectivity index (χ0n) is 14.5. The minimum Gasteiger partial charge on any atom is -0.338 e. The smallest absolute Gasteiger partial charge is 0.321 e. The molecule has 1 aromatic heterocycles. The van der Waals surface area contributed by atoms with E-state index in [1.807, 2.05) is 18.2 Å². The van der Waals surface area contributed by atoms with Crippen molar-refractivity contribution in [3.63, 3.8) is 0 Å². The summed E-state index contributed by atoms with van der Waals surface area (Å²) in [6, 6.07) is 7.84. The lowest BCUT2D eigenvalue weighted by molar-refractivity contribution is -0.121. The Labute approximate surface area is 151 Å².